The topological polar surface area (TPSA) is 141 Å². The molecular weight excluding hydrogens is 405 g/mol. The molecule has 5 N–H and O–H groups in total. The maximum atomic E-state index is 13.6. The molecule has 1 heterocycles. The van der Waals surface area contributed by atoms with Crippen molar-refractivity contribution in [1.29, 1.82) is 0 Å². The number of benzene rings is 1. The van der Waals surface area contributed by atoms with Gasteiger partial charge in [-0.15, -0.1) is 5.10 Å². The number of alkyl halides is 1. The fraction of sp³-hybridized carbons (Fsp3) is 0.400. The monoisotopic (exact) mass is 433 g/mol. The average Bonchev–Trinajstić information content (AvgIpc) is 3.16. The van der Waals surface area contributed by atoms with Crippen LogP contribution in [0.1, 0.15) is 42.7 Å². The maximum absolute atomic E-state index is 13.6. The number of rotatable bonds is 12. The summed E-state index contributed by atoms with van der Waals surface area (Å²) in [6.45, 7) is 3.88. The molecule has 0 spiro atoms. The van der Waals surface area contributed by atoms with Crippen LogP contribution in [0, 0.1) is 0 Å². The van der Waals surface area contributed by atoms with Crippen LogP contribution in [-0.4, -0.2) is 44.6 Å². The van der Waals surface area contributed by atoms with Gasteiger partial charge in [0.15, 0.2) is 6.29 Å². The van der Waals surface area contributed by atoms with Crippen molar-refractivity contribution in [3.05, 3.63) is 53.6 Å². The summed E-state index contributed by atoms with van der Waals surface area (Å²) >= 11 is 0. The third-order valence-corrected chi connectivity index (χ3v) is 4.01. The Kier molecular flexibility index (Phi) is 8.50. The summed E-state index contributed by atoms with van der Waals surface area (Å²) in [5, 5.41) is 11.5. The van der Waals surface area contributed by atoms with Gasteiger partial charge in [0.05, 0.1) is 6.20 Å². The number of hydrogen-bond donors (Lipinski definition) is 3. The molecule has 1 aromatic heterocycles. The van der Waals surface area contributed by atoms with E-state index in [9.17, 15) is 14.0 Å². The number of carbonyl (C=O) groups excluding carboxylic acids is 2. The Hall–Kier alpha value is -3.47. The second-order valence-electron chi connectivity index (χ2n) is 7.35. The first-order valence-corrected chi connectivity index (χ1v) is 9.75. The quantitative estimate of drug-likeness (QED) is 0.149. The molecule has 0 saturated heterocycles. The van der Waals surface area contributed by atoms with E-state index in [-0.39, 0.29) is 17.9 Å². The van der Waals surface area contributed by atoms with Gasteiger partial charge in [-0.2, -0.15) is 4.39 Å². The van der Waals surface area contributed by atoms with Crippen LogP contribution < -0.4 is 21.6 Å². The van der Waals surface area contributed by atoms with Crippen molar-refractivity contribution in [3.8, 4) is 5.75 Å². The van der Waals surface area contributed by atoms with Crippen molar-refractivity contribution < 1.29 is 18.7 Å². The fourth-order valence-electron chi connectivity index (χ4n) is 2.63. The lowest BCUT2D eigenvalue weighted by molar-refractivity contribution is -0.117. The molecule has 1 aromatic carbocycles. The van der Waals surface area contributed by atoms with Crippen LogP contribution in [0.15, 0.2) is 42.4 Å². The molecule has 10 nitrogen and oxygen atoms in total. The van der Waals surface area contributed by atoms with Gasteiger partial charge in [-0.3, -0.25) is 14.3 Å². The maximum Gasteiger partial charge on any atom is 0.268 e. The SMILES string of the molecule is CC(C)(F)Oc1cccc(CNC(=O)/C(N)=C/N(N)CCCCn2cc(C=O)nn2)c1. The number of hydrazine groups is 1. The van der Waals surface area contributed by atoms with Crippen LogP contribution in [0.5, 0.6) is 5.75 Å². The van der Waals surface area contributed by atoms with Crippen LogP contribution >= 0.6 is 0 Å². The number of aryl methyl sites for hydroxylation is 1. The zero-order valence-electron chi connectivity index (χ0n) is 17.6. The van der Waals surface area contributed by atoms with Crippen LogP contribution in [-0.2, 0) is 17.9 Å². The smallest absolute Gasteiger partial charge is 0.268 e. The van der Waals surface area contributed by atoms with Crippen molar-refractivity contribution in [2.45, 2.75) is 45.6 Å². The third-order valence-electron chi connectivity index (χ3n) is 4.01. The Morgan fingerprint density at radius 2 is 2.16 bits per heavy atom. The lowest BCUT2D eigenvalue weighted by Crippen LogP contribution is -2.33. The number of carbonyl (C=O) groups is 2. The van der Waals surface area contributed by atoms with Crippen molar-refractivity contribution >= 4 is 12.2 Å². The molecule has 0 bridgehead atoms. The molecule has 0 radical (unpaired) electrons. The summed E-state index contributed by atoms with van der Waals surface area (Å²) in [6.07, 6.45) is 5.04. The van der Waals surface area contributed by atoms with Gasteiger partial charge in [-0.05, 0) is 30.5 Å². The summed E-state index contributed by atoms with van der Waals surface area (Å²) in [5.41, 5.74) is 6.79. The van der Waals surface area contributed by atoms with Gasteiger partial charge in [-0.1, -0.05) is 17.3 Å². The molecule has 2 aromatic rings. The summed E-state index contributed by atoms with van der Waals surface area (Å²) in [5.74, 6) is 3.96. The van der Waals surface area contributed by atoms with E-state index in [2.05, 4.69) is 15.6 Å². The summed E-state index contributed by atoms with van der Waals surface area (Å²) in [7, 11) is 0. The van der Waals surface area contributed by atoms with Gasteiger partial charge < -0.3 is 20.8 Å². The van der Waals surface area contributed by atoms with Gasteiger partial charge in [0, 0.05) is 39.7 Å². The molecule has 31 heavy (non-hydrogen) atoms. The molecular formula is C20H28FN7O3. The fourth-order valence-corrected chi connectivity index (χ4v) is 2.63. The Bertz CT molecular complexity index is 908. The number of nitrogens with two attached hydrogens (primary N) is 2. The first-order valence-electron chi connectivity index (χ1n) is 9.75. The highest BCUT2D eigenvalue weighted by Gasteiger charge is 2.17. The van der Waals surface area contributed by atoms with Gasteiger partial charge in [0.2, 0.25) is 5.85 Å². The average molecular weight is 433 g/mol. The van der Waals surface area contributed by atoms with Crippen molar-refractivity contribution in [3.63, 3.8) is 0 Å². The molecule has 0 aliphatic heterocycles. The van der Waals surface area contributed by atoms with E-state index in [1.54, 1.807) is 35.1 Å². The van der Waals surface area contributed by atoms with Crippen LogP contribution in [0.3, 0.4) is 0 Å². The molecule has 11 heteroatoms. The number of aldehydes is 1. The minimum Gasteiger partial charge on any atom is -0.459 e. The minimum atomic E-state index is -1.80. The molecule has 0 aliphatic rings. The zero-order valence-corrected chi connectivity index (χ0v) is 17.6. The summed E-state index contributed by atoms with van der Waals surface area (Å²) < 4.78 is 20.4. The second-order valence-corrected chi connectivity index (χ2v) is 7.35. The number of aromatic nitrogens is 3. The number of halogens is 1. The normalized spacial score (nSPS) is 11.8. The summed E-state index contributed by atoms with van der Waals surface area (Å²) in [4.78, 5) is 22.8. The van der Waals surface area contributed by atoms with E-state index < -0.39 is 11.8 Å². The number of nitrogens with one attached hydrogen (secondary N) is 1. The first-order chi connectivity index (χ1) is 14.7. The number of ether oxygens (including phenoxy) is 1. The van der Waals surface area contributed by atoms with E-state index in [4.69, 9.17) is 16.3 Å². The molecule has 2 rings (SSSR count). The highest BCUT2D eigenvalue weighted by atomic mass is 19.2. The molecule has 0 atom stereocenters. The van der Waals surface area contributed by atoms with Crippen molar-refractivity contribution in [1.82, 2.24) is 25.3 Å². The Morgan fingerprint density at radius 1 is 1.39 bits per heavy atom. The standard InChI is InChI=1S/C20H28FN7O3/c1-20(2,21)31-17-7-5-6-15(10-17)11-24-19(30)18(22)13-27(23)8-3-4-9-28-12-16(14-29)25-26-28/h5-7,10,12-14H,3-4,8-9,11,22-23H2,1-2H3,(H,24,30)/b18-13-. The minimum absolute atomic E-state index is 0.0355. The van der Waals surface area contributed by atoms with Gasteiger partial charge in [0.1, 0.15) is 17.1 Å². The Morgan fingerprint density at radius 3 is 2.84 bits per heavy atom. The predicted molar refractivity (Wildman–Crippen MR) is 112 cm³/mol. The number of amides is 1. The van der Waals surface area contributed by atoms with E-state index in [1.165, 1.54) is 25.1 Å². The van der Waals surface area contributed by atoms with Crippen LogP contribution in [0.25, 0.3) is 0 Å². The first kappa shape index (κ1) is 23.8. The van der Waals surface area contributed by atoms with E-state index in [0.29, 0.717) is 25.1 Å². The van der Waals surface area contributed by atoms with Gasteiger partial charge in [0.25, 0.3) is 5.91 Å². The molecule has 0 saturated carbocycles. The predicted octanol–water partition coefficient (Wildman–Crippen LogP) is 1.25. The molecule has 1 amide bonds. The lowest BCUT2D eigenvalue weighted by Gasteiger charge is -2.17. The zero-order chi connectivity index (χ0) is 22.9. The van der Waals surface area contributed by atoms with Crippen LogP contribution in [0.2, 0.25) is 0 Å². The number of hydrogen-bond acceptors (Lipinski definition) is 8. The second kappa shape index (κ2) is 11.1. The third kappa shape index (κ3) is 8.83. The van der Waals surface area contributed by atoms with Crippen molar-refractivity contribution in [2.24, 2.45) is 11.6 Å². The number of unbranched alkanes of at least 4 members (excludes halogenated alkanes) is 1. The molecule has 0 unspecified atom stereocenters. The highest BCUT2D eigenvalue weighted by Crippen LogP contribution is 2.20. The van der Waals surface area contributed by atoms with E-state index in [1.807, 2.05) is 0 Å². The van der Waals surface area contributed by atoms with Gasteiger partial charge in [-0.25, -0.2) is 5.84 Å². The molecule has 0 fully saturated rings. The van der Waals surface area contributed by atoms with Crippen molar-refractivity contribution in [2.75, 3.05) is 6.54 Å². The van der Waals surface area contributed by atoms with E-state index in [0.717, 1.165) is 18.4 Å². The Labute approximate surface area is 180 Å². The molecule has 168 valence electrons. The van der Waals surface area contributed by atoms with Crippen LogP contribution in [0.4, 0.5) is 4.39 Å². The molecule has 0 aliphatic carbocycles. The highest BCUT2D eigenvalue weighted by molar-refractivity contribution is 5.92. The van der Waals surface area contributed by atoms with Gasteiger partial charge >= 0.3 is 0 Å². The Balaban J connectivity index is 1.74. The summed E-state index contributed by atoms with van der Waals surface area (Å²) in [6, 6.07) is 6.77. The largest absolute Gasteiger partial charge is 0.459 e. The van der Waals surface area contributed by atoms with E-state index >= 15 is 0 Å². The lowest BCUT2D eigenvalue weighted by atomic mass is 10.2. The number of nitrogens with zero attached hydrogens (tertiary/aromatic N) is 4.